The van der Waals surface area contributed by atoms with Crippen molar-refractivity contribution in [2.24, 2.45) is 17.8 Å². The van der Waals surface area contributed by atoms with Crippen molar-refractivity contribution in [2.75, 3.05) is 26.2 Å². The van der Waals surface area contributed by atoms with Crippen molar-refractivity contribution in [3.8, 4) is 0 Å². The summed E-state index contributed by atoms with van der Waals surface area (Å²) >= 11 is 0. The largest absolute Gasteiger partial charge is 0.550 e. The molecule has 41 heavy (non-hydrogen) atoms. The summed E-state index contributed by atoms with van der Waals surface area (Å²) < 4.78 is 0.502. The zero-order valence-corrected chi connectivity index (χ0v) is 26.9. The minimum atomic E-state index is -1.09. The van der Waals surface area contributed by atoms with Gasteiger partial charge in [-0.1, -0.05) is 117 Å². The molecule has 0 rings (SSSR count). The van der Waals surface area contributed by atoms with Gasteiger partial charge in [-0.3, -0.25) is 9.59 Å². The summed E-state index contributed by atoms with van der Waals surface area (Å²) in [6.45, 7) is 9.62. The molecule has 3 atom stereocenters. The van der Waals surface area contributed by atoms with E-state index in [4.69, 9.17) is 0 Å². The maximum Gasteiger partial charge on any atom is 0.306 e. The van der Waals surface area contributed by atoms with E-state index in [9.17, 15) is 29.7 Å². The van der Waals surface area contributed by atoms with Crippen LogP contribution in [0.4, 0.5) is 0 Å². The first kappa shape index (κ1) is 39.1. The number of allylic oxidation sites excluding steroid dienone is 1. The van der Waals surface area contributed by atoms with E-state index in [-0.39, 0.29) is 0 Å². The van der Waals surface area contributed by atoms with E-state index >= 15 is 0 Å². The number of unbranched alkanes of at least 4 members (excludes halogenated alkanes) is 14. The standard InChI is InChI=1S/C34H63NO6/c1-5-6-7-8-9-10-11-12-13-14-15-16-17-18-19-20-21-25-35(26-22-29(2)32(36)37,27-23-30(3)33(38)39)28-24-31(4)34(40)41/h20-21,29-31H,5-19,22-28H2,1-4H3,(H2-,36,37,38,39,40,41)/b21-20+. The fourth-order valence-corrected chi connectivity index (χ4v) is 5.25. The summed E-state index contributed by atoms with van der Waals surface area (Å²) in [4.78, 5) is 34.3. The van der Waals surface area contributed by atoms with E-state index in [0.717, 1.165) is 12.8 Å². The molecule has 2 N–H and O–H groups in total. The first-order valence-electron chi connectivity index (χ1n) is 16.7. The van der Waals surface area contributed by atoms with Crippen molar-refractivity contribution >= 4 is 17.9 Å². The molecule has 0 saturated heterocycles. The molecule has 0 spiro atoms. The lowest BCUT2D eigenvalue weighted by Gasteiger charge is -2.40. The van der Waals surface area contributed by atoms with Crippen molar-refractivity contribution in [3.63, 3.8) is 0 Å². The fraction of sp³-hybridized carbons (Fsp3) is 0.853. The van der Waals surface area contributed by atoms with Crippen LogP contribution in [0, 0.1) is 17.8 Å². The zero-order chi connectivity index (χ0) is 30.9. The van der Waals surface area contributed by atoms with Crippen LogP contribution in [0.15, 0.2) is 12.2 Å². The molecule has 0 saturated carbocycles. The van der Waals surface area contributed by atoms with Gasteiger partial charge in [-0.15, -0.1) is 0 Å². The number of carbonyl (C=O) groups excluding carboxylic acids is 1. The van der Waals surface area contributed by atoms with Gasteiger partial charge in [0.15, 0.2) is 0 Å². The number of aliphatic carboxylic acids is 3. The Morgan fingerprint density at radius 1 is 0.610 bits per heavy atom. The molecule has 0 aliphatic carbocycles. The molecule has 0 aromatic carbocycles. The highest BCUT2D eigenvalue weighted by Crippen LogP contribution is 2.20. The molecule has 0 aromatic rings. The van der Waals surface area contributed by atoms with Crippen LogP contribution in [0.5, 0.6) is 0 Å². The Balaban J connectivity index is 4.66. The van der Waals surface area contributed by atoms with Gasteiger partial charge in [0.05, 0.1) is 38.0 Å². The van der Waals surface area contributed by atoms with Gasteiger partial charge in [-0.05, 0) is 18.9 Å². The Kier molecular flexibility index (Phi) is 23.5. The Morgan fingerprint density at radius 3 is 1.34 bits per heavy atom. The highest BCUT2D eigenvalue weighted by Gasteiger charge is 2.30. The third-order valence-electron chi connectivity index (χ3n) is 8.74. The SMILES string of the molecule is CCCCCCCCCCCCCCCC/C=C/C[N+](CCC(C)C(=O)[O-])(CCC(C)C(=O)O)CCC(C)C(=O)O. The van der Waals surface area contributed by atoms with Crippen LogP contribution in [-0.4, -0.2) is 58.8 Å². The van der Waals surface area contributed by atoms with E-state index in [2.05, 4.69) is 19.1 Å². The number of hydrogen-bond donors (Lipinski definition) is 2. The lowest BCUT2D eigenvalue weighted by molar-refractivity contribution is -0.924. The maximum atomic E-state index is 11.5. The van der Waals surface area contributed by atoms with Gasteiger partial charge in [0, 0.05) is 31.1 Å². The number of rotatable bonds is 29. The number of carboxylic acids is 3. The summed E-state index contributed by atoms with van der Waals surface area (Å²) in [6, 6.07) is 0. The topological polar surface area (TPSA) is 115 Å². The van der Waals surface area contributed by atoms with Crippen LogP contribution in [-0.2, 0) is 14.4 Å². The smallest absolute Gasteiger partial charge is 0.306 e. The van der Waals surface area contributed by atoms with Gasteiger partial charge >= 0.3 is 11.9 Å². The van der Waals surface area contributed by atoms with Crippen LogP contribution in [0.1, 0.15) is 143 Å². The second-order valence-electron chi connectivity index (χ2n) is 12.6. The van der Waals surface area contributed by atoms with Crippen LogP contribution in [0.2, 0.25) is 0 Å². The molecule has 0 fully saturated rings. The van der Waals surface area contributed by atoms with E-state index < -0.39 is 35.7 Å². The predicted molar refractivity (Wildman–Crippen MR) is 165 cm³/mol. The van der Waals surface area contributed by atoms with Gasteiger partial charge in [0.25, 0.3) is 0 Å². The molecule has 3 unspecified atom stereocenters. The molecule has 0 radical (unpaired) electrons. The molecule has 0 aliphatic rings. The van der Waals surface area contributed by atoms with Crippen molar-refractivity contribution in [1.82, 2.24) is 0 Å². The summed E-state index contributed by atoms with van der Waals surface area (Å²) in [5.41, 5.74) is 0. The van der Waals surface area contributed by atoms with Gasteiger partial charge in [0.1, 0.15) is 0 Å². The van der Waals surface area contributed by atoms with Crippen molar-refractivity contribution in [3.05, 3.63) is 12.2 Å². The Hall–Kier alpha value is -1.89. The molecule has 0 heterocycles. The molecule has 0 bridgehead atoms. The van der Waals surface area contributed by atoms with Gasteiger partial charge in [0.2, 0.25) is 0 Å². The van der Waals surface area contributed by atoms with E-state index in [1.807, 2.05) is 0 Å². The molecule has 0 amide bonds. The quantitative estimate of drug-likeness (QED) is 0.0547. The van der Waals surface area contributed by atoms with Gasteiger partial charge < -0.3 is 24.6 Å². The highest BCUT2D eigenvalue weighted by molar-refractivity contribution is 5.69. The Bertz CT molecular complexity index is 662. The van der Waals surface area contributed by atoms with Crippen molar-refractivity contribution < 1.29 is 34.2 Å². The number of nitrogens with zero attached hydrogens (tertiary/aromatic N) is 1. The second-order valence-corrected chi connectivity index (χ2v) is 12.6. The Morgan fingerprint density at radius 2 is 0.976 bits per heavy atom. The number of quaternary nitrogens is 1. The van der Waals surface area contributed by atoms with Gasteiger partial charge in [-0.2, -0.15) is 0 Å². The van der Waals surface area contributed by atoms with Crippen LogP contribution in [0.25, 0.3) is 0 Å². The lowest BCUT2D eigenvalue weighted by Crippen LogP contribution is -2.52. The summed E-state index contributed by atoms with van der Waals surface area (Å²) in [7, 11) is 0. The summed E-state index contributed by atoms with van der Waals surface area (Å²) in [5.74, 6) is -4.42. The predicted octanol–water partition coefficient (Wildman–Crippen LogP) is 7.23. The van der Waals surface area contributed by atoms with Gasteiger partial charge in [-0.25, -0.2) is 0 Å². The zero-order valence-electron chi connectivity index (χ0n) is 26.9. The number of carbonyl (C=O) groups is 3. The van der Waals surface area contributed by atoms with E-state index in [1.54, 1.807) is 20.8 Å². The normalized spacial score (nSPS) is 15.4. The second kappa shape index (κ2) is 24.7. The number of carboxylic acid groups (broad SMARTS) is 3. The average molecular weight is 582 g/mol. The molecule has 7 heteroatoms. The van der Waals surface area contributed by atoms with E-state index in [1.165, 1.54) is 83.5 Å². The fourth-order valence-electron chi connectivity index (χ4n) is 5.25. The molecule has 0 aromatic heterocycles. The highest BCUT2D eigenvalue weighted by atomic mass is 16.4. The van der Waals surface area contributed by atoms with Crippen LogP contribution < -0.4 is 5.11 Å². The first-order chi connectivity index (χ1) is 19.5. The monoisotopic (exact) mass is 581 g/mol. The minimum Gasteiger partial charge on any atom is -0.550 e. The molecular weight excluding hydrogens is 518 g/mol. The maximum absolute atomic E-state index is 11.5. The van der Waals surface area contributed by atoms with Crippen molar-refractivity contribution in [2.45, 2.75) is 143 Å². The third kappa shape index (κ3) is 21.5. The molecule has 7 nitrogen and oxygen atoms in total. The molecule has 0 aliphatic heterocycles. The minimum absolute atomic E-state index is 0.415. The lowest BCUT2D eigenvalue weighted by atomic mass is 10.0. The van der Waals surface area contributed by atoms with E-state index in [0.29, 0.717) is 49.9 Å². The first-order valence-corrected chi connectivity index (χ1v) is 16.7. The van der Waals surface area contributed by atoms with Crippen LogP contribution in [0.3, 0.4) is 0 Å². The third-order valence-corrected chi connectivity index (χ3v) is 8.74. The van der Waals surface area contributed by atoms with Crippen LogP contribution >= 0.6 is 0 Å². The molecular formula is C34H63NO6. The number of hydrogen-bond acceptors (Lipinski definition) is 4. The Labute approximate surface area is 251 Å². The average Bonchev–Trinajstić information content (AvgIpc) is 2.94. The van der Waals surface area contributed by atoms with Crippen molar-refractivity contribution in [1.29, 1.82) is 0 Å². The summed E-state index contributed by atoms with van der Waals surface area (Å²) in [5, 5.41) is 30.2. The summed E-state index contributed by atoms with van der Waals surface area (Å²) in [6.07, 6.45) is 25.3. The molecule has 240 valence electrons.